The van der Waals surface area contributed by atoms with E-state index in [4.69, 9.17) is 5.84 Å². The van der Waals surface area contributed by atoms with E-state index in [-0.39, 0.29) is 11.6 Å². The highest BCUT2D eigenvalue weighted by molar-refractivity contribution is 5.35. The van der Waals surface area contributed by atoms with Gasteiger partial charge >= 0.3 is 6.61 Å². The Bertz CT molecular complexity index is 561. The Labute approximate surface area is 114 Å². The van der Waals surface area contributed by atoms with Gasteiger partial charge in [-0.05, 0) is 35.4 Å². The summed E-state index contributed by atoms with van der Waals surface area (Å²) in [5.41, 5.74) is 3.91. The molecular weight excluding hydrogens is 269 g/mol. The number of nitrogens with one attached hydrogen (secondary N) is 1. The molecule has 0 aromatic heterocycles. The van der Waals surface area contributed by atoms with Crippen molar-refractivity contribution in [2.24, 2.45) is 5.84 Å². The fourth-order valence-corrected chi connectivity index (χ4v) is 1.91. The van der Waals surface area contributed by atoms with Crippen LogP contribution in [0.2, 0.25) is 0 Å². The number of hydrogen-bond acceptors (Lipinski definition) is 3. The molecule has 2 aromatic rings. The van der Waals surface area contributed by atoms with Gasteiger partial charge in [0.05, 0.1) is 6.04 Å². The molecule has 3 nitrogen and oxygen atoms in total. The van der Waals surface area contributed by atoms with Crippen molar-refractivity contribution in [1.29, 1.82) is 0 Å². The van der Waals surface area contributed by atoms with Crippen molar-refractivity contribution in [2.45, 2.75) is 12.7 Å². The average molecular weight is 282 g/mol. The van der Waals surface area contributed by atoms with Gasteiger partial charge in [0, 0.05) is 0 Å². The number of hydrogen-bond donors (Lipinski definition) is 2. The fourth-order valence-electron chi connectivity index (χ4n) is 1.91. The number of hydrazine groups is 1. The van der Waals surface area contributed by atoms with Crippen LogP contribution in [0.1, 0.15) is 17.2 Å². The molecule has 0 radical (unpaired) electrons. The first kappa shape index (κ1) is 14.4. The minimum Gasteiger partial charge on any atom is -0.435 e. The van der Waals surface area contributed by atoms with Crippen LogP contribution in [0.15, 0.2) is 48.5 Å². The second-order valence-electron chi connectivity index (χ2n) is 4.10. The van der Waals surface area contributed by atoms with Gasteiger partial charge in [-0.15, -0.1) is 0 Å². The summed E-state index contributed by atoms with van der Waals surface area (Å²) in [5, 5.41) is 0. The first-order chi connectivity index (χ1) is 9.60. The van der Waals surface area contributed by atoms with Gasteiger partial charge in [0.15, 0.2) is 0 Å². The molecule has 0 aliphatic heterocycles. The molecule has 0 spiro atoms. The molecule has 0 heterocycles. The summed E-state index contributed by atoms with van der Waals surface area (Å²) in [6.07, 6.45) is 0. The Balaban J connectivity index is 2.23. The lowest BCUT2D eigenvalue weighted by molar-refractivity contribution is -0.0498. The highest BCUT2D eigenvalue weighted by Gasteiger charge is 2.13. The SMILES string of the molecule is NNC(c1ccc(OC(F)F)cc1)c1cccc(F)c1. The van der Waals surface area contributed by atoms with E-state index in [9.17, 15) is 13.2 Å². The third-order valence-electron chi connectivity index (χ3n) is 2.79. The maximum absolute atomic E-state index is 13.2. The summed E-state index contributed by atoms with van der Waals surface area (Å²) >= 11 is 0. The fraction of sp³-hybridized carbons (Fsp3) is 0.143. The van der Waals surface area contributed by atoms with E-state index in [1.165, 1.54) is 24.3 Å². The molecule has 0 saturated carbocycles. The van der Waals surface area contributed by atoms with Crippen molar-refractivity contribution in [3.63, 3.8) is 0 Å². The normalized spacial score (nSPS) is 12.4. The van der Waals surface area contributed by atoms with E-state index in [0.717, 1.165) is 0 Å². The van der Waals surface area contributed by atoms with Crippen LogP contribution in [0.4, 0.5) is 13.2 Å². The summed E-state index contributed by atoms with van der Waals surface area (Å²) < 4.78 is 41.6. The van der Waals surface area contributed by atoms with Crippen molar-refractivity contribution in [3.8, 4) is 5.75 Å². The first-order valence-corrected chi connectivity index (χ1v) is 5.86. The first-order valence-electron chi connectivity index (χ1n) is 5.86. The number of rotatable bonds is 5. The summed E-state index contributed by atoms with van der Waals surface area (Å²) in [6.45, 7) is -2.87. The topological polar surface area (TPSA) is 47.3 Å². The van der Waals surface area contributed by atoms with Gasteiger partial charge in [0.1, 0.15) is 11.6 Å². The van der Waals surface area contributed by atoms with Crippen molar-refractivity contribution in [2.75, 3.05) is 0 Å². The van der Waals surface area contributed by atoms with Gasteiger partial charge in [0.2, 0.25) is 0 Å². The van der Waals surface area contributed by atoms with Gasteiger partial charge in [-0.1, -0.05) is 24.3 Å². The standard InChI is InChI=1S/C14H13F3N2O/c15-11-3-1-2-10(8-11)13(19-18)9-4-6-12(7-5-9)20-14(16)17/h1-8,13-14,19H,18H2. The lowest BCUT2D eigenvalue weighted by Gasteiger charge is -2.17. The predicted octanol–water partition coefficient (Wildman–Crippen LogP) is 2.98. The van der Waals surface area contributed by atoms with E-state index >= 15 is 0 Å². The third kappa shape index (κ3) is 3.49. The number of nitrogens with two attached hydrogens (primary N) is 1. The van der Waals surface area contributed by atoms with Crippen molar-refractivity contribution < 1.29 is 17.9 Å². The number of ether oxygens (including phenoxy) is 1. The van der Waals surface area contributed by atoms with E-state index in [2.05, 4.69) is 10.2 Å². The second kappa shape index (κ2) is 6.40. The van der Waals surface area contributed by atoms with Crippen LogP contribution < -0.4 is 16.0 Å². The smallest absolute Gasteiger partial charge is 0.387 e. The minimum atomic E-state index is -2.87. The average Bonchev–Trinajstić information content (AvgIpc) is 2.41. The van der Waals surface area contributed by atoms with Crippen LogP contribution in [-0.4, -0.2) is 6.61 Å². The van der Waals surface area contributed by atoms with Gasteiger partial charge in [-0.3, -0.25) is 5.84 Å². The molecule has 0 bridgehead atoms. The minimum absolute atomic E-state index is 0.0544. The Morgan fingerprint density at radius 1 is 1.00 bits per heavy atom. The van der Waals surface area contributed by atoms with Crippen LogP contribution >= 0.6 is 0 Å². The third-order valence-corrected chi connectivity index (χ3v) is 2.79. The maximum Gasteiger partial charge on any atom is 0.387 e. The van der Waals surface area contributed by atoms with Gasteiger partial charge < -0.3 is 4.74 Å². The molecular formula is C14H13F3N2O. The Morgan fingerprint density at radius 2 is 1.70 bits per heavy atom. The summed E-state index contributed by atoms with van der Waals surface area (Å²) in [7, 11) is 0. The second-order valence-corrected chi connectivity index (χ2v) is 4.10. The van der Waals surface area contributed by atoms with E-state index in [0.29, 0.717) is 11.1 Å². The molecule has 0 amide bonds. The van der Waals surface area contributed by atoms with Crippen LogP contribution in [0.5, 0.6) is 5.75 Å². The largest absolute Gasteiger partial charge is 0.435 e. The Morgan fingerprint density at radius 3 is 2.25 bits per heavy atom. The van der Waals surface area contributed by atoms with Gasteiger partial charge in [-0.2, -0.15) is 8.78 Å². The van der Waals surface area contributed by atoms with E-state index < -0.39 is 12.7 Å². The van der Waals surface area contributed by atoms with Crippen molar-refractivity contribution >= 4 is 0 Å². The molecule has 3 N–H and O–H groups in total. The molecule has 0 fully saturated rings. The number of benzene rings is 2. The molecule has 2 aromatic carbocycles. The van der Waals surface area contributed by atoms with E-state index in [1.807, 2.05) is 0 Å². The zero-order chi connectivity index (χ0) is 14.5. The summed E-state index contributed by atoms with van der Waals surface area (Å²) in [6, 6.07) is 11.5. The predicted molar refractivity (Wildman–Crippen MR) is 68.6 cm³/mol. The quantitative estimate of drug-likeness (QED) is 0.654. The number of alkyl halides is 2. The Hall–Kier alpha value is -2.05. The summed E-state index contributed by atoms with van der Waals surface area (Å²) in [4.78, 5) is 0. The molecule has 6 heteroatoms. The van der Waals surface area contributed by atoms with Crippen LogP contribution in [0.25, 0.3) is 0 Å². The molecule has 1 unspecified atom stereocenters. The lowest BCUT2D eigenvalue weighted by Crippen LogP contribution is -2.28. The Kier molecular flexibility index (Phi) is 4.60. The zero-order valence-corrected chi connectivity index (χ0v) is 10.4. The van der Waals surface area contributed by atoms with Crippen LogP contribution in [-0.2, 0) is 0 Å². The van der Waals surface area contributed by atoms with Crippen molar-refractivity contribution in [1.82, 2.24) is 5.43 Å². The van der Waals surface area contributed by atoms with Gasteiger partial charge in [-0.25, -0.2) is 9.82 Å². The van der Waals surface area contributed by atoms with Crippen LogP contribution in [0, 0.1) is 5.82 Å². The zero-order valence-electron chi connectivity index (χ0n) is 10.4. The molecule has 1 atom stereocenters. The van der Waals surface area contributed by atoms with Gasteiger partial charge in [0.25, 0.3) is 0 Å². The van der Waals surface area contributed by atoms with Crippen LogP contribution in [0.3, 0.4) is 0 Å². The van der Waals surface area contributed by atoms with Crippen molar-refractivity contribution in [3.05, 3.63) is 65.5 Å². The molecule has 0 aliphatic carbocycles. The monoisotopic (exact) mass is 282 g/mol. The lowest BCUT2D eigenvalue weighted by atomic mass is 9.99. The molecule has 0 saturated heterocycles. The van der Waals surface area contributed by atoms with E-state index in [1.54, 1.807) is 24.3 Å². The molecule has 20 heavy (non-hydrogen) atoms. The molecule has 106 valence electrons. The molecule has 2 rings (SSSR count). The number of halogens is 3. The maximum atomic E-state index is 13.2. The molecule has 0 aliphatic rings. The highest BCUT2D eigenvalue weighted by atomic mass is 19.3. The highest BCUT2D eigenvalue weighted by Crippen LogP contribution is 2.24. The summed E-state index contributed by atoms with van der Waals surface area (Å²) in [5.74, 6) is 5.16.